The molecule has 0 bridgehead atoms. The average Bonchev–Trinajstić information content (AvgIpc) is 3.05. The number of carbonyl (C=O) groups is 2. The summed E-state index contributed by atoms with van der Waals surface area (Å²) < 4.78 is 28.6. The first-order valence-electron chi connectivity index (χ1n) is 8.71. The molecule has 2 amide bonds. The molecule has 1 atom stereocenters. The summed E-state index contributed by atoms with van der Waals surface area (Å²) in [6, 6.07) is 13.4. The minimum absolute atomic E-state index is 0.0146. The van der Waals surface area contributed by atoms with Crippen molar-refractivity contribution in [2.24, 2.45) is 5.92 Å². The van der Waals surface area contributed by atoms with Crippen molar-refractivity contribution in [2.75, 3.05) is 16.8 Å². The van der Waals surface area contributed by atoms with Crippen LogP contribution in [0.4, 0.5) is 20.2 Å². The van der Waals surface area contributed by atoms with Crippen molar-refractivity contribution >= 4 is 23.2 Å². The summed E-state index contributed by atoms with van der Waals surface area (Å²) in [7, 11) is 0. The number of nitrogens with one attached hydrogen (secondary N) is 1. The Balaban J connectivity index is 1.61. The molecule has 2 aromatic carbocycles. The van der Waals surface area contributed by atoms with Crippen LogP contribution in [0.5, 0.6) is 5.75 Å². The van der Waals surface area contributed by atoms with Gasteiger partial charge >= 0.3 is 6.61 Å². The number of amides is 2. The van der Waals surface area contributed by atoms with Crippen molar-refractivity contribution in [1.29, 1.82) is 0 Å². The van der Waals surface area contributed by atoms with Gasteiger partial charge in [0.25, 0.3) is 0 Å². The van der Waals surface area contributed by atoms with Crippen LogP contribution in [0.1, 0.15) is 18.9 Å². The van der Waals surface area contributed by atoms with Gasteiger partial charge in [-0.3, -0.25) is 9.59 Å². The maximum Gasteiger partial charge on any atom is 0.387 e. The topological polar surface area (TPSA) is 58.6 Å². The van der Waals surface area contributed by atoms with Crippen LogP contribution in [0, 0.1) is 5.92 Å². The van der Waals surface area contributed by atoms with E-state index < -0.39 is 12.5 Å². The lowest BCUT2D eigenvalue weighted by atomic mass is 10.1. The third-order valence-electron chi connectivity index (χ3n) is 4.50. The molecule has 1 heterocycles. The Morgan fingerprint density at radius 3 is 2.44 bits per heavy atom. The molecule has 2 aromatic rings. The Bertz CT molecular complexity index is 807. The average molecular weight is 374 g/mol. The summed E-state index contributed by atoms with van der Waals surface area (Å²) in [6.45, 7) is -0.530. The van der Waals surface area contributed by atoms with Gasteiger partial charge in [-0.15, -0.1) is 0 Å². The van der Waals surface area contributed by atoms with Crippen LogP contribution in [0.2, 0.25) is 0 Å². The van der Waals surface area contributed by atoms with Crippen LogP contribution in [0.3, 0.4) is 0 Å². The number of anilines is 2. The number of halogens is 2. The molecule has 27 heavy (non-hydrogen) atoms. The highest BCUT2D eigenvalue weighted by atomic mass is 19.3. The maximum absolute atomic E-state index is 12.5. The molecule has 142 valence electrons. The van der Waals surface area contributed by atoms with Gasteiger partial charge in [-0.1, -0.05) is 19.1 Å². The molecular formula is C20H20F2N2O3. The number of nitrogens with zero attached hydrogens (tertiary/aromatic N) is 1. The van der Waals surface area contributed by atoms with E-state index in [-0.39, 0.29) is 24.0 Å². The first-order valence-corrected chi connectivity index (χ1v) is 8.71. The lowest BCUT2D eigenvalue weighted by Crippen LogP contribution is -2.28. The summed E-state index contributed by atoms with van der Waals surface area (Å²) in [5, 5.41) is 2.71. The number of hydrogen-bond acceptors (Lipinski definition) is 3. The van der Waals surface area contributed by atoms with Crippen LogP contribution in [-0.4, -0.2) is 25.0 Å². The predicted octanol–water partition coefficient (Wildman–Crippen LogP) is 3.84. The van der Waals surface area contributed by atoms with Gasteiger partial charge in [0.2, 0.25) is 11.8 Å². The van der Waals surface area contributed by atoms with Gasteiger partial charge in [0.05, 0.1) is 5.92 Å². The molecule has 0 spiro atoms. The summed E-state index contributed by atoms with van der Waals surface area (Å²) in [6.07, 6.45) is 1.05. The number of alkyl halides is 2. The van der Waals surface area contributed by atoms with Crippen LogP contribution >= 0.6 is 0 Å². The number of rotatable bonds is 6. The highest BCUT2D eigenvalue weighted by Gasteiger charge is 2.35. The van der Waals surface area contributed by atoms with Gasteiger partial charge in [0, 0.05) is 24.3 Å². The monoisotopic (exact) mass is 374 g/mol. The van der Waals surface area contributed by atoms with Crippen molar-refractivity contribution in [2.45, 2.75) is 26.4 Å². The molecule has 7 heteroatoms. The zero-order valence-electron chi connectivity index (χ0n) is 14.8. The maximum atomic E-state index is 12.5. The van der Waals surface area contributed by atoms with Gasteiger partial charge in [-0.25, -0.2) is 0 Å². The van der Waals surface area contributed by atoms with Gasteiger partial charge in [-0.2, -0.15) is 8.78 Å². The Morgan fingerprint density at radius 1 is 1.19 bits per heavy atom. The lowest BCUT2D eigenvalue weighted by molar-refractivity contribution is -0.122. The van der Waals surface area contributed by atoms with Gasteiger partial charge < -0.3 is 15.0 Å². The molecule has 1 fully saturated rings. The predicted molar refractivity (Wildman–Crippen MR) is 98.0 cm³/mol. The SMILES string of the molecule is CCc1ccc(N2C[C@H](C(=O)Nc3ccc(OC(F)F)cc3)CC2=O)cc1. The highest BCUT2D eigenvalue weighted by Crippen LogP contribution is 2.27. The fourth-order valence-corrected chi connectivity index (χ4v) is 3.01. The largest absolute Gasteiger partial charge is 0.435 e. The minimum atomic E-state index is -2.90. The number of aryl methyl sites for hydroxylation is 1. The van der Waals surface area contributed by atoms with Crippen molar-refractivity contribution in [3.05, 3.63) is 54.1 Å². The van der Waals surface area contributed by atoms with E-state index in [2.05, 4.69) is 17.0 Å². The zero-order valence-corrected chi connectivity index (χ0v) is 14.8. The second kappa shape index (κ2) is 8.16. The van der Waals surface area contributed by atoms with E-state index in [1.807, 2.05) is 24.3 Å². The van der Waals surface area contributed by atoms with E-state index in [4.69, 9.17) is 0 Å². The van der Waals surface area contributed by atoms with E-state index in [0.29, 0.717) is 12.2 Å². The molecule has 1 N–H and O–H groups in total. The summed E-state index contributed by atoms with van der Waals surface area (Å²) in [5.74, 6) is -0.834. The Hall–Kier alpha value is -2.96. The molecule has 0 aromatic heterocycles. The number of benzene rings is 2. The molecule has 0 unspecified atom stereocenters. The quantitative estimate of drug-likeness (QED) is 0.836. The Kier molecular flexibility index (Phi) is 5.69. The standard InChI is InChI=1S/C20H20F2N2O3/c1-2-13-3-7-16(8-4-13)24-12-14(11-18(24)25)19(26)23-15-5-9-17(10-6-15)27-20(21)22/h3-10,14,20H,2,11-12H2,1H3,(H,23,26)/t14-/m1/s1. The second-order valence-electron chi connectivity index (χ2n) is 6.32. The molecular weight excluding hydrogens is 354 g/mol. The van der Waals surface area contributed by atoms with E-state index >= 15 is 0 Å². The first kappa shape index (κ1) is 18.8. The molecule has 1 saturated heterocycles. The van der Waals surface area contributed by atoms with Crippen molar-refractivity contribution in [1.82, 2.24) is 0 Å². The van der Waals surface area contributed by atoms with Crippen LogP contribution < -0.4 is 15.0 Å². The summed E-state index contributed by atoms with van der Waals surface area (Å²) in [4.78, 5) is 26.4. The van der Waals surface area contributed by atoms with Gasteiger partial charge in [-0.05, 0) is 48.4 Å². The lowest BCUT2D eigenvalue weighted by Gasteiger charge is -2.17. The van der Waals surface area contributed by atoms with E-state index in [0.717, 1.165) is 12.1 Å². The van der Waals surface area contributed by atoms with E-state index in [9.17, 15) is 18.4 Å². The van der Waals surface area contributed by atoms with Crippen molar-refractivity contribution < 1.29 is 23.1 Å². The zero-order chi connectivity index (χ0) is 19.4. The highest BCUT2D eigenvalue weighted by molar-refractivity contribution is 6.03. The molecule has 0 aliphatic carbocycles. The van der Waals surface area contributed by atoms with Crippen molar-refractivity contribution in [3.8, 4) is 5.75 Å². The van der Waals surface area contributed by atoms with E-state index in [1.165, 1.54) is 29.8 Å². The van der Waals surface area contributed by atoms with Crippen LogP contribution in [0.25, 0.3) is 0 Å². The smallest absolute Gasteiger partial charge is 0.387 e. The number of carbonyl (C=O) groups excluding carboxylic acids is 2. The molecule has 0 saturated carbocycles. The fourth-order valence-electron chi connectivity index (χ4n) is 3.01. The van der Waals surface area contributed by atoms with Crippen molar-refractivity contribution in [3.63, 3.8) is 0 Å². The first-order chi connectivity index (χ1) is 13.0. The fraction of sp³-hybridized carbons (Fsp3) is 0.300. The Morgan fingerprint density at radius 2 is 1.85 bits per heavy atom. The third-order valence-corrected chi connectivity index (χ3v) is 4.50. The molecule has 1 aliphatic heterocycles. The van der Waals surface area contributed by atoms with Crippen LogP contribution in [0.15, 0.2) is 48.5 Å². The minimum Gasteiger partial charge on any atom is -0.435 e. The normalized spacial score (nSPS) is 16.7. The third kappa shape index (κ3) is 4.61. The van der Waals surface area contributed by atoms with Gasteiger partial charge in [0.15, 0.2) is 0 Å². The van der Waals surface area contributed by atoms with Crippen LogP contribution in [-0.2, 0) is 16.0 Å². The number of hydrogen-bond donors (Lipinski definition) is 1. The summed E-state index contributed by atoms with van der Waals surface area (Å²) in [5.41, 5.74) is 2.42. The summed E-state index contributed by atoms with van der Waals surface area (Å²) >= 11 is 0. The number of ether oxygens (including phenoxy) is 1. The molecule has 5 nitrogen and oxygen atoms in total. The Labute approximate surface area is 155 Å². The molecule has 1 aliphatic rings. The van der Waals surface area contributed by atoms with Gasteiger partial charge in [0.1, 0.15) is 5.75 Å². The van der Waals surface area contributed by atoms with E-state index in [1.54, 1.807) is 4.90 Å². The molecule has 0 radical (unpaired) electrons. The second-order valence-corrected chi connectivity index (χ2v) is 6.32. The molecule has 3 rings (SSSR count).